The molecule has 2 aliphatic carbocycles. The smallest absolute Gasteiger partial charge is 0.418 e. The minimum absolute atomic E-state index is 0. The lowest BCUT2D eigenvalue weighted by atomic mass is 9.75. The van der Waals surface area contributed by atoms with Crippen LogP contribution in [0.25, 0.3) is 5.69 Å². The van der Waals surface area contributed by atoms with Crippen LogP contribution in [-0.4, -0.2) is 78.6 Å². The number of ether oxygens (including phenoxy) is 2. The summed E-state index contributed by atoms with van der Waals surface area (Å²) in [6, 6.07) is 4.45. The topological polar surface area (TPSA) is 130 Å². The Morgan fingerprint density at radius 2 is 1.74 bits per heavy atom. The van der Waals surface area contributed by atoms with Crippen molar-refractivity contribution in [3.05, 3.63) is 46.8 Å². The van der Waals surface area contributed by atoms with Crippen LogP contribution < -0.4 is 23.5 Å². The zero-order valence-corrected chi connectivity index (χ0v) is 28.4. The highest BCUT2D eigenvalue weighted by Gasteiger charge is 2.43. The predicted molar refractivity (Wildman–Crippen MR) is 165 cm³/mol. The second kappa shape index (κ2) is 14.3. The summed E-state index contributed by atoms with van der Waals surface area (Å²) >= 11 is 0. The van der Waals surface area contributed by atoms with Crippen LogP contribution in [0.2, 0.25) is 0 Å². The largest absolute Gasteiger partial charge is 1.00 e. The number of benzene rings is 1. The van der Waals surface area contributed by atoms with Gasteiger partial charge in [0, 0.05) is 42.7 Å². The number of hydrogen-bond acceptors (Lipinski definition) is 7. The maximum Gasteiger partial charge on any atom is 0.418 e. The van der Waals surface area contributed by atoms with Gasteiger partial charge in [-0.2, -0.15) is 13.2 Å². The number of quaternary nitrogens is 1. The van der Waals surface area contributed by atoms with Crippen LogP contribution in [-0.2, 0) is 31.7 Å². The van der Waals surface area contributed by atoms with Gasteiger partial charge >= 0.3 is 18.1 Å². The van der Waals surface area contributed by atoms with Crippen molar-refractivity contribution in [3.63, 3.8) is 0 Å². The lowest BCUT2D eigenvalue weighted by Gasteiger charge is -2.31. The fourth-order valence-corrected chi connectivity index (χ4v) is 6.49. The third-order valence-electron chi connectivity index (χ3n) is 8.33. The number of fused-ring (bicyclic) bond motifs is 1. The van der Waals surface area contributed by atoms with E-state index in [0.29, 0.717) is 48.1 Å². The molecular weight excluding hydrogens is 641 g/mol. The van der Waals surface area contributed by atoms with Crippen LogP contribution in [0.4, 0.5) is 18.9 Å². The number of hydrogen-bond donors (Lipinski definition) is 2. The number of primary amides is 1. The fourth-order valence-electron chi connectivity index (χ4n) is 6.49. The second-order valence-corrected chi connectivity index (χ2v) is 14.3. The zero-order chi connectivity index (χ0) is 34.2. The van der Waals surface area contributed by atoms with E-state index in [0.717, 1.165) is 6.20 Å². The molecule has 3 N–H and O–H groups in total. The quantitative estimate of drug-likeness (QED) is 0.290. The number of halogens is 4. The van der Waals surface area contributed by atoms with Gasteiger partial charge in [0.2, 0.25) is 0 Å². The SMILES string of the molecule is CC(=O)OC(CC(=O)OC1CCC(Nc2cc(-n3cc(C(F)(F)F)c4c3CC(C)(C)CC4=O)ccc2C(N)=O)CC1)C[N+](C)(C)C.[Cl-]. The van der Waals surface area contributed by atoms with E-state index in [1.165, 1.54) is 23.6 Å². The van der Waals surface area contributed by atoms with E-state index < -0.39 is 46.9 Å². The van der Waals surface area contributed by atoms with Crippen LogP contribution in [0.1, 0.15) is 91.3 Å². The first-order chi connectivity index (χ1) is 21.2. The number of aromatic nitrogens is 1. The summed E-state index contributed by atoms with van der Waals surface area (Å²) in [6.45, 7) is 5.44. The molecule has 2 aromatic rings. The monoisotopic (exact) mass is 684 g/mol. The van der Waals surface area contributed by atoms with E-state index in [-0.39, 0.29) is 60.6 Å². The minimum atomic E-state index is -4.71. The Morgan fingerprint density at radius 1 is 1.11 bits per heavy atom. The molecule has 14 heteroatoms. The molecule has 1 atom stereocenters. The lowest BCUT2D eigenvalue weighted by Crippen LogP contribution is -3.00. The maximum atomic E-state index is 14.0. The predicted octanol–water partition coefficient (Wildman–Crippen LogP) is 2.05. The molecule has 0 aliphatic heterocycles. The van der Waals surface area contributed by atoms with Crippen molar-refractivity contribution in [3.8, 4) is 5.69 Å². The Kier molecular flexibility index (Phi) is 11.5. The molecule has 2 aliphatic rings. The average molecular weight is 685 g/mol. The number of esters is 2. The summed E-state index contributed by atoms with van der Waals surface area (Å²) in [4.78, 5) is 49.4. The van der Waals surface area contributed by atoms with Crippen molar-refractivity contribution in [2.24, 2.45) is 11.1 Å². The Balaban J connectivity index is 0.00000600. The number of alkyl halides is 3. The van der Waals surface area contributed by atoms with Gasteiger partial charge in [-0.25, -0.2) is 0 Å². The van der Waals surface area contributed by atoms with Crippen molar-refractivity contribution in [1.82, 2.24) is 4.57 Å². The van der Waals surface area contributed by atoms with Gasteiger partial charge < -0.3 is 42.0 Å². The van der Waals surface area contributed by atoms with E-state index in [9.17, 15) is 32.3 Å². The molecule has 1 unspecified atom stereocenters. The summed E-state index contributed by atoms with van der Waals surface area (Å²) in [5.74, 6) is -2.16. The summed E-state index contributed by atoms with van der Waals surface area (Å²) < 4.78 is 55.0. The van der Waals surface area contributed by atoms with Gasteiger partial charge in [0.05, 0.1) is 44.3 Å². The molecule has 1 aromatic carbocycles. The maximum absolute atomic E-state index is 14.0. The van der Waals surface area contributed by atoms with Gasteiger partial charge in [0.25, 0.3) is 5.91 Å². The normalized spacial score (nSPS) is 20.0. The zero-order valence-electron chi connectivity index (χ0n) is 27.6. The molecule has 0 saturated heterocycles. The number of nitrogens with two attached hydrogens (primary N) is 1. The number of Topliss-reactive ketones (excluding diaryl/α,β-unsaturated/α-hetero) is 1. The highest BCUT2D eigenvalue weighted by atomic mass is 35.5. The number of anilines is 1. The Morgan fingerprint density at radius 3 is 2.30 bits per heavy atom. The van der Waals surface area contributed by atoms with E-state index in [1.807, 2.05) is 35.0 Å². The Hall–Kier alpha value is -3.58. The van der Waals surface area contributed by atoms with Crippen molar-refractivity contribution in [2.45, 2.75) is 90.1 Å². The molecule has 1 aromatic heterocycles. The first-order valence-corrected chi connectivity index (χ1v) is 15.4. The van der Waals surface area contributed by atoms with Crippen LogP contribution >= 0.6 is 0 Å². The van der Waals surface area contributed by atoms with Crippen molar-refractivity contribution in [2.75, 3.05) is 33.0 Å². The van der Waals surface area contributed by atoms with Crippen LogP contribution in [0.15, 0.2) is 24.4 Å². The molecule has 4 rings (SSSR count). The first-order valence-electron chi connectivity index (χ1n) is 15.4. The van der Waals surface area contributed by atoms with Crippen molar-refractivity contribution < 1.29 is 58.7 Å². The Bertz CT molecular complexity index is 1510. The number of nitrogens with one attached hydrogen (secondary N) is 1. The molecule has 1 fully saturated rings. The Labute approximate surface area is 279 Å². The first kappa shape index (κ1) is 37.9. The molecule has 260 valence electrons. The third-order valence-corrected chi connectivity index (χ3v) is 8.33. The second-order valence-electron chi connectivity index (χ2n) is 14.3. The van der Waals surface area contributed by atoms with E-state index >= 15 is 0 Å². The number of rotatable bonds is 10. The number of carbonyl (C=O) groups excluding carboxylic acids is 4. The molecule has 0 radical (unpaired) electrons. The molecule has 0 bridgehead atoms. The molecule has 47 heavy (non-hydrogen) atoms. The molecule has 0 spiro atoms. The molecule has 1 amide bonds. The lowest BCUT2D eigenvalue weighted by molar-refractivity contribution is -0.873. The van der Waals surface area contributed by atoms with Gasteiger partial charge in [0.15, 0.2) is 11.9 Å². The van der Waals surface area contributed by atoms with Crippen molar-refractivity contribution >= 4 is 29.3 Å². The molecular formula is C33H44ClF3N4O6. The van der Waals surface area contributed by atoms with Gasteiger partial charge in [-0.1, -0.05) is 13.8 Å². The molecule has 1 heterocycles. The highest BCUT2D eigenvalue weighted by Crippen LogP contribution is 2.43. The fraction of sp³-hybridized carbons (Fsp3) is 0.576. The number of nitrogens with zero attached hydrogens (tertiary/aromatic N) is 2. The van der Waals surface area contributed by atoms with Gasteiger partial charge in [-0.15, -0.1) is 0 Å². The van der Waals surface area contributed by atoms with Gasteiger partial charge in [-0.05, 0) is 55.7 Å². The number of likely N-dealkylation sites (N-methyl/N-ethyl adjacent to an activating group) is 1. The number of carbonyl (C=O) groups is 4. The standard InChI is InChI=1S/C33H43F3N4O6.ClH/c1-19(41)45-23(18-40(4,5)6)14-29(43)46-22-10-7-20(8-11-22)38-26-13-21(9-12-24(26)31(37)44)39-17-25(33(34,35)36)30-27(39)15-32(2,3)16-28(30)42;/h9,12-13,17,20,22-23H,7-8,10-11,14-16,18H2,1-6H3,(H2-,37,38,44);1H. The highest BCUT2D eigenvalue weighted by molar-refractivity contribution is 6.01. The van der Waals surface area contributed by atoms with Crippen LogP contribution in [0.3, 0.4) is 0 Å². The van der Waals surface area contributed by atoms with Gasteiger partial charge in [-0.3, -0.25) is 19.2 Å². The summed E-state index contributed by atoms with van der Waals surface area (Å²) in [5.41, 5.74) is 5.05. The minimum Gasteiger partial charge on any atom is -1.00 e. The summed E-state index contributed by atoms with van der Waals surface area (Å²) in [5, 5.41) is 3.33. The van der Waals surface area contributed by atoms with Gasteiger partial charge in [0.1, 0.15) is 12.6 Å². The average Bonchev–Trinajstić information content (AvgIpc) is 3.27. The van der Waals surface area contributed by atoms with Crippen molar-refractivity contribution in [1.29, 1.82) is 0 Å². The van der Waals surface area contributed by atoms with Crippen LogP contribution in [0.5, 0.6) is 0 Å². The van der Waals surface area contributed by atoms with E-state index in [1.54, 1.807) is 6.07 Å². The van der Waals surface area contributed by atoms with E-state index in [4.69, 9.17) is 15.2 Å². The number of ketones is 1. The third kappa shape index (κ3) is 9.72. The van der Waals surface area contributed by atoms with E-state index in [2.05, 4.69) is 5.32 Å². The molecule has 10 nitrogen and oxygen atoms in total. The summed E-state index contributed by atoms with van der Waals surface area (Å²) in [6.07, 6.45) is -2.20. The summed E-state index contributed by atoms with van der Waals surface area (Å²) in [7, 11) is 5.80. The molecule has 1 saturated carbocycles. The van der Waals surface area contributed by atoms with Crippen LogP contribution in [0, 0.1) is 5.41 Å². The number of amides is 1.